The highest BCUT2D eigenvalue weighted by atomic mass is 32.2. The predicted molar refractivity (Wildman–Crippen MR) is 125 cm³/mol. The van der Waals surface area contributed by atoms with E-state index in [1.54, 1.807) is 18.2 Å². The van der Waals surface area contributed by atoms with E-state index in [1.165, 1.54) is 38.2 Å². The van der Waals surface area contributed by atoms with Crippen LogP contribution < -0.4 is 16.0 Å². The third-order valence-electron chi connectivity index (χ3n) is 5.41. The van der Waals surface area contributed by atoms with E-state index >= 15 is 0 Å². The topological polar surface area (TPSA) is 125 Å². The lowest BCUT2D eigenvalue weighted by Crippen LogP contribution is -2.38. The minimum Gasteiger partial charge on any atom is -0.351 e. The van der Waals surface area contributed by atoms with E-state index in [0.29, 0.717) is 11.4 Å². The van der Waals surface area contributed by atoms with Crippen LogP contribution in [0.15, 0.2) is 53.4 Å². The van der Waals surface area contributed by atoms with Crippen molar-refractivity contribution in [3.63, 3.8) is 0 Å². The molecule has 33 heavy (non-hydrogen) atoms. The van der Waals surface area contributed by atoms with Crippen LogP contribution in [-0.4, -0.2) is 44.0 Å². The van der Waals surface area contributed by atoms with E-state index in [-0.39, 0.29) is 35.7 Å². The Labute approximate surface area is 193 Å². The summed E-state index contributed by atoms with van der Waals surface area (Å²) >= 11 is 0. The first-order valence-electron chi connectivity index (χ1n) is 10.7. The Morgan fingerprint density at radius 2 is 1.70 bits per heavy atom. The highest BCUT2D eigenvalue weighted by Gasteiger charge is 2.25. The molecule has 1 aliphatic carbocycles. The van der Waals surface area contributed by atoms with Crippen molar-refractivity contribution in [2.75, 3.05) is 24.2 Å². The molecule has 0 unspecified atom stereocenters. The number of hydrogen-bond donors (Lipinski definition) is 3. The van der Waals surface area contributed by atoms with Gasteiger partial charge in [-0.2, -0.15) is 4.31 Å². The summed E-state index contributed by atoms with van der Waals surface area (Å²) in [6, 6.07) is 12.9. The molecule has 0 spiro atoms. The number of carbonyl (C=O) groups is 3. The predicted octanol–water partition coefficient (Wildman–Crippen LogP) is 2.32. The summed E-state index contributed by atoms with van der Waals surface area (Å²) in [5.74, 6) is -0.627. The van der Waals surface area contributed by atoms with Crippen molar-refractivity contribution in [2.45, 2.75) is 37.6 Å². The number of rotatable bonds is 9. The van der Waals surface area contributed by atoms with Crippen LogP contribution in [0.1, 0.15) is 31.7 Å². The van der Waals surface area contributed by atoms with Crippen LogP contribution in [0, 0.1) is 5.92 Å². The lowest BCUT2D eigenvalue weighted by molar-refractivity contribution is -0.122. The van der Waals surface area contributed by atoms with Gasteiger partial charge in [-0.1, -0.05) is 18.6 Å². The fourth-order valence-electron chi connectivity index (χ4n) is 3.31. The highest BCUT2D eigenvalue weighted by molar-refractivity contribution is 7.89. The summed E-state index contributed by atoms with van der Waals surface area (Å²) < 4.78 is 26.4. The van der Waals surface area contributed by atoms with Crippen molar-refractivity contribution < 1.29 is 22.8 Å². The second-order valence-corrected chi connectivity index (χ2v) is 10.1. The van der Waals surface area contributed by atoms with Crippen LogP contribution in [0.3, 0.4) is 0 Å². The fourth-order valence-corrected chi connectivity index (χ4v) is 4.44. The molecule has 2 aromatic rings. The molecule has 2 aromatic carbocycles. The Bertz CT molecular complexity index is 1130. The van der Waals surface area contributed by atoms with Gasteiger partial charge < -0.3 is 16.0 Å². The van der Waals surface area contributed by atoms with Crippen molar-refractivity contribution in [3.8, 4) is 0 Å². The zero-order chi connectivity index (χ0) is 24.0. The molecule has 0 radical (unpaired) electrons. The lowest BCUT2D eigenvalue weighted by atomic mass is 9.85. The van der Waals surface area contributed by atoms with Gasteiger partial charge in [0.25, 0.3) is 0 Å². The van der Waals surface area contributed by atoms with Crippen molar-refractivity contribution in [2.24, 2.45) is 5.92 Å². The molecule has 9 nitrogen and oxygen atoms in total. The summed E-state index contributed by atoms with van der Waals surface area (Å²) in [4.78, 5) is 35.6. The number of carbonyl (C=O) groups excluding carboxylic acids is 3. The minimum absolute atomic E-state index is 0.0133. The lowest BCUT2D eigenvalue weighted by Gasteiger charge is -2.24. The highest BCUT2D eigenvalue weighted by Crippen LogP contribution is 2.27. The SMILES string of the molecule is CC(=O)Nc1ccc(S(=O)(=O)N(C)CC(=O)NCc2cccc(NC(=O)C3CCC3)c2)cc1. The van der Waals surface area contributed by atoms with E-state index in [4.69, 9.17) is 0 Å². The van der Waals surface area contributed by atoms with Gasteiger partial charge in [0.15, 0.2) is 0 Å². The van der Waals surface area contributed by atoms with Gasteiger partial charge in [-0.3, -0.25) is 14.4 Å². The maximum Gasteiger partial charge on any atom is 0.243 e. The Balaban J connectivity index is 1.53. The first-order chi connectivity index (χ1) is 15.6. The summed E-state index contributed by atoms with van der Waals surface area (Å²) in [5, 5.41) is 8.17. The smallest absolute Gasteiger partial charge is 0.243 e. The number of benzene rings is 2. The molecule has 176 valence electrons. The van der Waals surface area contributed by atoms with Gasteiger partial charge in [0.05, 0.1) is 11.4 Å². The standard InChI is InChI=1S/C23H28N4O5S/c1-16(28)25-19-9-11-21(12-10-19)33(31,32)27(2)15-22(29)24-14-17-5-3-8-20(13-17)26-23(30)18-6-4-7-18/h3,5,8-13,18H,4,6-7,14-15H2,1-2H3,(H,24,29)(H,25,28)(H,26,30). The van der Waals surface area contributed by atoms with Crippen LogP contribution in [0.4, 0.5) is 11.4 Å². The molecule has 0 aliphatic heterocycles. The largest absolute Gasteiger partial charge is 0.351 e. The summed E-state index contributed by atoms with van der Waals surface area (Å²) in [6.45, 7) is 1.21. The molecule has 10 heteroatoms. The Morgan fingerprint density at radius 3 is 2.30 bits per heavy atom. The number of anilines is 2. The number of hydrogen-bond acceptors (Lipinski definition) is 5. The van der Waals surface area contributed by atoms with Gasteiger partial charge in [0.1, 0.15) is 0 Å². The third-order valence-corrected chi connectivity index (χ3v) is 7.23. The molecule has 3 rings (SSSR count). The Morgan fingerprint density at radius 1 is 1.00 bits per heavy atom. The van der Waals surface area contributed by atoms with E-state index in [2.05, 4.69) is 16.0 Å². The molecule has 1 aliphatic rings. The summed E-state index contributed by atoms with van der Waals surface area (Å²) in [7, 11) is -2.55. The molecular weight excluding hydrogens is 444 g/mol. The minimum atomic E-state index is -3.88. The van der Waals surface area contributed by atoms with Crippen LogP contribution in [0.2, 0.25) is 0 Å². The molecule has 3 N–H and O–H groups in total. The van der Waals surface area contributed by atoms with Crippen molar-refractivity contribution >= 4 is 39.1 Å². The molecule has 0 bridgehead atoms. The van der Waals surface area contributed by atoms with E-state index in [9.17, 15) is 22.8 Å². The Hall–Kier alpha value is -3.24. The van der Waals surface area contributed by atoms with E-state index in [0.717, 1.165) is 29.1 Å². The van der Waals surface area contributed by atoms with Crippen LogP contribution in [0.25, 0.3) is 0 Å². The Kier molecular flexibility index (Phi) is 7.83. The maximum atomic E-state index is 12.7. The van der Waals surface area contributed by atoms with Crippen molar-refractivity contribution in [3.05, 3.63) is 54.1 Å². The number of likely N-dealkylation sites (N-methyl/N-ethyl adjacent to an activating group) is 1. The normalized spacial score (nSPS) is 13.8. The van der Waals surface area contributed by atoms with Gasteiger partial charge in [-0.25, -0.2) is 8.42 Å². The van der Waals surface area contributed by atoms with Crippen molar-refractivity contribution in [1.29, 1.82) is 0 Å². The second-order valence-electron chi connectivity index (χ2n) is 8.06. The molecule has 1 saturated carbocycles. The monoisotopic (exact) mass is 472 g/mol. The van der Waals surface area contributed by atoms with Crippen molar-refractivity contribution in [1.82, 2.24) is 9.62 Å². The van der Waals surface area contributed by atoms with Gasteiger partial charge >= 0.3 is 0 Å². The summed E-state index contributed by atoms with van der Waals surface area (Å²) in [5.41, 5.74) is 1.93. The van der Waals surface area contributed by atoms with Gasteiger partial charge in [0.2, 0.25) is 27.7 Å². The average molecular weight is 473 g/mol. The molecule has 1 fully saturated rings. The zero-order valence-corrected chi connectivity index (χ0v) is 19.4. The molecule has 3 amide bonds. The van der Waals surface area contributed by atoms with Crippen LogP contribution >= 0.6 is 0 Å². The molecular formula is C23H28N4O5S. The maximum absolute atomic E-state index is 12.7. The number of amides is 3. The number of nitrogens with one attached hydrogen (secondary N) is 3. The van der Waals surface area contributed by atoms with Gasteiger partial charge in [0, 0.05) is 37.8 Å². The quantitative estimate of drug-likeness (QED) is 0.517. The second kappa shape index (κ2) is 10.6. The van der Waals surface area contributed by atoms with Gasteiger partial charge in [-0.15, -0.1) is 0 Å². The fraction of sp³-hybridized carbons (Fsp3) is 0.348. The van der Waals surface area contributed by atoms with Crippen LogP contribution in [0.5, 0.6) is 0 Å². The first-order valence-corrected chi connectivity index (χ1v) is 12.1. The zero-order valence-electron chi connectivity index (χ0n) is 18.6. The molecule has 0 aromatic heterocycles. The number of sulfonamides is 1. The molecule has 0 heterocycles. The van der Waals surface area contributed by atoms with Crippen LogP contribution in [-0.2, 0) is 31.0 Å². The average Bonchev–Trinajstić information content (AvgIpc) is 2.71. The third kappa shape index (κ3) is 6.62. The molecule has 0 saturated heterocycles. The van der Waals surface area contributed by atoms with E-state index < -0.39 is 15.9 Å². The summed E-state index contributed by atoms with van der Waals surface area (Å²) in [6.07, 6.45) is 2.91. The molecule has 0 atom stereocenters. The number of nitrogens with zero attached hydrogens (tertiary/aromatic N) is 1. The first kappa shape index (κ1) is 24.4. The van der Waals surface area contributed by atoms with Gasteiger partial charge in [-0.05, 0) is 54.8 Å². The van der Waals surface area contributed by atoms with E-state index in [1.807, 2.05) is 6.07 Å².